The van der Waals surface area contributed by atoms with Crippen molar-refractivity contribution in [2.45, 2.75) is 38.5 Å². The SMILES string of the molecule is CCOC(=O)C1(C(=O)OCC)C[C@@H]2CCO[C@@H]2N(c2ccccc2)O1. The predicted molar refractivity (Wildman–Crippen MR) is 88.5 cm³/mol. The molecule has 0 radical (unpaired) electrons. The number of hydrogen-bond acceptors (Lipinski definition) is 7. The van der Waals surface area contributed by atoms with E-state index in [-0.39, 0.29) is 31.8 Å². The Labute approximate surface area is 146 Å². The molecule has 0 bridgehead atoms. The summed E-state index contributed by atoms with van der Waals surface area (Å²) in [6, 6.07) is 9.27. The number of carbonyl (C=O) groups is 2. The molecule has 2 aliphatic rings. The first-order valence-electron chi connectivity index (χ1n) is 8.62. The maximum atomic E-state index is 12.7. The summed E-state index contributed by atoms with van der Waals surface area (Å²) in [4.78, 5) is 31.3. The normalized spacial score (nSPS) is 24.5. The largest absolute Gasteiger partial charge is 0.463 e. The first-order chi connectivity index (χ1) is 12.1. The summed E-state index contributed by atoms with van der Waals surface area (Å²) in [5.74, 6) is -1.48. The van der Waals surface area contributed by atoms with Gasteiger partial charge in [-0.15, -0.1) is 0 Å². The third-order valence-electron chi connectivity index (χ3n) is 4.44. The first-order valence-corrected chi connectivity index (χ1v) is 8.62. The summed E-state index contributed by atoms with van der Waals surface area (Å²) < 4.78 is 16.1. The number of carbonyl (C=O) groups excluding carboxylic acids is 2. The van der Waals surface area contributed by atoms with Crippen LogP contribution in [-0.2, 0) is 28.6 Å². The van der Waals surface area contributed by atoms with Gasteiger partial charge in [-0.2, -0.15) is 0 Å². The lowest BCUT2D eigenvalue weighted by Gasteiger charge is -2.44. The Morgan fingerprint density at radius 2 is 1.80 bits per heavy atom. The average molecular weight is 349 g/mol. The van der Waals surface area contributed by atoms with Gasteiger partial charge in [-0.25, -0.2) is 19.5 Å². The van der Waals surface area contributed by atoms with Crippen molar-refractivity contribution in [1.82, 2.24) is 0 Å². The van der Waals surface area contributed by atoms with Crippen LogP contribution in [0.25, 0.3) is 0 Å². The molecule has 0 aliphatic carbocycles. The lowest BCUT2D eigenvalue weighted by molar-refractivity contribution is -0.212. The van der Waals surface area contributed by atoms with E-state index in [1.54, 1.807) is 13.8 Å². The molecular formula is C18H23NO6. The van der Waals surface area contributed by atoms with Gasteiger partial charge in [0.2, 0.25) is 0 Å². The maximum Gasteiger partial charge on any atom is 0.353 e. The zero-order valence-corrected chi connectivity index (χ0v) is 14.5. The molecule has 136 valence electrons. The maximum absolute atomic E-state index is 12.7. The summed E-state index contributed by atoms with van der Waals surface area (Å²) in [5.41, 5.74) is -1.10. The number of hydrogen-bond donors (Lipinski definition) is 0. The van der Waals surface area contributed by atoms with Crippen molar-refractivity contribution in [3.63, 3.8) is 0 Å². The van der Waals surface area contributed by atoms with Gasteiger partial charge in [-0.1, -0.05) is 18.2 Å². The summed E-state index contributed by atoms with van der Waals surface area (Å²) in [6.45, 7) is 4.23. The summed E-state index contributed by atoms with van der Waals surface area (Å²) in [7, 11) is 0. The van der Waals surface area contributed by atoms with Crippen LogP contribution in [-0.4, -0.2) is 43.6 Å². The number of rotatable bonds is 5. The van der Waals surface area contributed by atoms with Crippen LogP contribution in [0.5, 0.6) is 0 Å². The van der Waals surface area contributed by atoms with Gasteiger partial charge >= 0.3 is 11.9 Å². The minimum absolute atomic E-state index is 0.0391. The third-order valence-corrected chi connectivity index (χ3v) is 4.44. The van der Waals surface area contributed by atoms with Crippen LogP contribution in [0.3, 0.4) is 0 Å². The monoisotopic (exact) mass is 349 g/mol. The molecule has 0 saturated carbocycles. The Hall–Kier alpha value is -2.12. The van der Waals surface area contributed by atoms with E-state index in [4.69, 9.17) is 19.0 Å². The third kappa shape index (κ3) is 3.21. The molecule has 1 aromatic rings. The number of fused-ring (bicyclic) bond motifs is 1. The highest BCUT2D eigenvalue weighted by Crippen LogP contribution is 2.42. The van der Waals surface area contributed by atoms with Gasteiger partial charge in [0.25, 0.3) is 5.60 Å². The minimum Gasteiger partial charge on any atom is -0.463 e. The van der Waals surface area contributed by atoms with Crippen LogP contribution in [0.15, 0.2) is 30.3 Å². The fourth-order valence-electron chi connectivity index (χ4n) is 3.30. The van der Waals surface area contributed by atoms with Crippen molar-refractivity contribution < 1.29 is 28.6 Å². The molecular weight excluding hydrogens is 326 g/mol. The van der Waals surface area contributed by atoms with Gasteiger partial charge in [-0.3, -0.25) is 0 Å². The van der Waals surface area contributed by atoms with Crippen LogP contribution in [0.1, 0.15) is 26.7 Å². The van der Waals surface area contributed by atoms with E-state index >= 15 is 0 Å². The molecule has 0 spiro atoms. The van der Waals surface area contributed by atoms with Gasteiger partial charge in [0.1, 0.15) is 0 Å². The Morgan fingerprint density at radius 3 is 2.40 bits per heavy atom. The zero-order valence-electron chi connectivity index (χ0n) is 14.5. The Morgan fingerprint density at radius 1 is 1.16 bits per heavy atom. The fraction of sp³-hybridized carbons (Fsp3) is 0.556. The van der Waals surface area contributed by atoms with E-state index in [9.17, 15) is 9.59 Å². The molecule has 3 rings (SSSR count). The fourth-order valence-corrected chi connectivity index (χ4v) is 3.30. The molecule has 0 N–H and O–H groups in total. The number of hydroxylamine groups is 1. The van der Waals surface area contributed by atoms with Crippen molar-refractivity contribution in [3.05, 3.63) is 30.3 Å². The Kier molecular flexibility index (Phi) is 5.24. The predicted octanol–water partition coefficient (Wildman–Crippen LogP) is 2.06. The lowest BCUT2D eigenvalue weighted by Crippen LogP contribution is -2.62. The molecule has 7 nitrogen and oxygen atoms in total. The van der Waals surface area contributed by atoms with Crippen LogP contribution < -0.4 is 5.06 Å². The van der Waals surface area contributed by atoms with Crippen molar-refractivity contribution in [2.75, 3.05) is 24.9 Å². The molecule has 0 amide bonds. The van der Waals surface area contributed by atoms with Crippen LogP contribution in [0.2, 0.25) is 0 Å². The summed E-state index contributed by atoms with van der Waals surface area (Å²) in [6.07, 6.45) is 0.565. The summed E-state index contributed by atoms with van der Waals surface area (Å²) in [5, 5.41) is 1.51. The number of nitrogens with zero attached hydrogens (tertiary/aromatic N) is 1. The molecule has 0 unspecified atom stereocenters. The van der Waals surface area contributed by atoms with Crippen LogP contribution >= 0.6 is 0 Å². The molecule has 2 heterocycles. The van der Waals surface area contributed by atoms with Gasteiger partial charge in [0, 0.05) is 18.9 Å². The van der Waals surface area contributed by atoms with Gasteiger partial charge in [0.05, 0.1) is 18.9 Å². The molecule has 7 heteroatoms. The molecule has 2 saturated heterocycles. The zero-order chi connectivity index (χ0) is 17.9. The van der Waals surface area contributed by atoms with E-state index in [1.807, 2.05) is 30.3 Å². The van der Waals surface area contributed by atoms with Gasteiger partial charge < -0.3 is 14.2 Å². The lowest BCUT2D eigenvalue weighted by atomic mass is 9.86. The molecule has 2 atom stereocenters. The van der Waals surface area contributed by atoms with Gasteiger partial charge in [-0.05, 0) is 32.4 Å². The Bertz CT molecular complexity index is 601. The molecule has 2 aliphatic heterocycles. The van der Waals surface area contributed by atoms with Crippen molar-refractivity contribution >= 4 is 17.6 Å². The number of ether oxygens (including phenoxy) is 3. The average Bonchev–Trinajstić information content (AvgIpc) is 3.10. The number of para-hydroxylation sites is 1. The van der Waals surface area contributed by atoms with E-state index in [0.717, 1.165) is 6.42 Å². The van der Waals surface area contributed by atoms with Crippen LogP contribution in [0.4, 0.5) is 5.69 Å². The summed E-state index contributed by atoms with van der Waals surface area (Å²) >= 11 is 0. The second-order valence-electron chi connectivity index (χ2n) is 6.03. The number of esters is 2. The van der Waals surface area contributed by atoms with Crippen LogP contribution in [0, 0.1) is 5.92 Å². The van der Waals surface area contributed by atoms with E-state index in [2.05, 4.69) is 0 Å². The first kappa shape index (κ1) is 17.7. The quantitative estimate of drug-likeness (QED) is 0.595. The van der Waals surface area contributed by atoms with Crippen molar-refractivity contribution in [1.29, 1.82) is 0 Å². The standard InChI is InChI=1S/C18H23NO6/c1-3-22-16(20)18(17(21)23-4-2)12-13-10-11-24-15(13)19(25-18)14-8-6-5-7-9-14/h5-9,13,15H,3-4,10-12H2,1-2H3/t13-,15-/m0/s1. The second kappa shape index (κ2) is 7.41. The number of benzene rings is 1. The smallest absolute Gasteiger partial charge is 0.353 e. The van der Waals surface area contributed by atoms with E-state index in [0.29, 0.717) is 12.3 Å². The Balaban J connectivity index is 2.00. The minimum atomic E-state index is -1.81. The highest BCUT2D eigenvalue weighted by molar-refractivity contribution is 6.04. The number of anilines is 1. The highest BCUT2D eigenvalue weighted by atomic mass is 16.8. The molecule has 2 fully saturated rings. The topological polar surface area (TPSA) is 74.3 Å². The second-order valence-corrected chi connectivity index (χ2v) is 6.03. The van der Waals surface area contributed by atoms with Gasteiger partial charge in [0.15, 0.2) is 6.23 Å². The molecule has 0 aromatic heterocycles. The highest BCUT2D eigenvalue weighted by Gasteiger charge is 2.60. The molecule has 25 heavy (non-hydrogen) atoms. The van der Waals surface area contributed by atoms with E-state index < -0.39 is 17.5 Å². The molecule has 1 aromatic carbocycles. The van der Waals surface area contributed by atoms with Crippen molar-refractivity contribution in [2.24, 2.45) is 5.92 Å². The van der Waals surface area contributed by atoms with Crippen molar-refractivity contribution in [3.8, 4) is 0 Å². The van der Waals surface area contributed by atoms with E-state index in [1.165, 1.54) is 5.06 Å².